The summed E-state index contributed by atoms with van der Waals surface area (Å²) in [6, 6.07) is 13.4. The van der Waals surface area contributed by atoms with Crippen molar-refractivity contribution in [2.45, 2.75) is 32.9 Å². The van der Waals surface area contributed by atoms with Gasteiger partial charge in [-0.1, -0.05) is 17.3 Å². The van der Waals surface area contributed by atoms with Gasteiger partial charge < -0.3 is 14.2 Å². The zero-order valence-corrected chi connectivity index (χ0v) is 15.8. The number of nitrogens with zero attached hydrogens (tertiary/aromatic N) is 2. The Kier molecular flexibility index (Phi) is 4.86. The molecule has 28 heavy (non-hydrogen) atoms. The molecular formula is C22H21FN2O3. The van der Waals surface area contributed by atoms with Crippen LogP contribution in [0.25, 0.3) is 11.3 Å². The number of fused-ring (bicyclic) bond motifs is 1. The molecular weight excluding hydrogens is 359 g/mol. The number of carbonyl (C=O) groups is 1. The van der Waals surface area contributed by atoms with Gasteiger partial charge in [-0.3, -0.25) is 4.79 Å². The highest BCUT2D eigenvalue weighted by Crippen LogP contribution is 2.31. The summed E-state index contributed by atoms with van der Waals surface area (Å²) in [5, 5.41) is 4.12. The van der Waals surface area contributed by atoms with Gasteiger partial charge in [0.25, 0.3) is 5.91 Å². The number of hydrogen-bond donors (Lipinski definition) is 0. The van der Waals surface area contributed by atoms with E-state index in [2.05, 4.69) is 5.16 Å². The van der Waals surface area contributed by atoms with Gasteiger partial charge in [0.1, 0.15) is 23.0 Å². The Labute approximate surface area is 162 Å². The lowest BCUT2D eigenvalue weighted by atomic mass is 10.0. The Hall–Kier alpha value is -3.15. The van der Waals surface area contributed by atoms with Gasteiger partial charge in [-0.05, 0) is 50.2 Å². The number of hydrogen-bond acceptors (Lipinski definition) is 4. The molecule has 1 aliphatic rings. The van der Waals surface area contributed by atoms with Crippen molar-refractivity contribution in [2.75, 3.05) is 6.54 Å². The summed E-state index contributed by atoms with van der Waals surface area (Å²) >= 11 is 0. The molecule has 6 heteroatoms. The lowest BCUT2D eigenvalue weighted by Crippen LogP contribution is -2.35. The Morgan fingerprint density at radius 1 is 1.21 bits per heavy atom. The van der Waals surface area contributed by atoms with Crippen molar-refractivity contribution in [3.05, 3.63) is 71.2 Å². The van der Waals surface area contributed by atoms with Gasteiger partial charge in [0.2, 0.25) is 0 Å². The van der Waals surface area contributed by atoms with Crippen LogP contribution in [0.3, 0.4) is 0 Å². The van der Waals surface area contributed by atoms with Gasteiger partial charge >= 0.3 is 0 Å². The van der Waals surface area contributed by atoms with Gasteiger partial charge in [0.15, 0.2) is 0 Å². The molecule has 0 unspecified atom stereocenters. The normalized spacial score (nSPS) is 13.5. The minimum atomic E-state index is -0.332. The molecule has 0 bridgehead atoms. The first kappa shape index (κ1) is 18.2. The number of halogens is 1. The molecule has 1 amide bonds. The molecule has 5 nitrogen and oxygen atoms in total. The maximum atomic E-state index is 13.6. The molecule has 0 spiro atoms. The molecule has 1 aromatic heterocycles. The fraction of sp³-hybridized carbons (Fsp3) is 0.273. The molecule has 3 aromatic rings. The summed E-state index contributed by atoms with van der Waals surface area (Å²) in [6.45, 7) is 4.85. The first-order valence-corrected chi connectivity index (χ1v) is 9.30. The number of aromatic nitrogens is 1. The molecule has 0 atom stereocenters. The van der Waals surface area contributed by atoms with E-state index in [1.54, 1.807) is 41.3 Å². The van der Waals surface area contributed by atoms with Crippen molar-refractivity contribution in [3.63, 3.8) is 0 Å². The number of carbonyl (C=O) groups excluding carboxylic acids is 1. The summed E-state index contributed by atoms with van der Waals surface area (Å²) in [6.07, 6.45) is 0.662. The monoisotopic (exact) mass is 380 g/mol. The molecule has 2 heterocycles. The number of rotatable bonds is 4. The summed E-state index contributed by atoms with van der Waals surface area (Å²) in [5.74, 6) is 1.10. The summed E-state index contributed by atoms with van der Waals surface area (Å²) < 4.78 is 24.7. The molecule has 0 saturated heterocycles. The predicted octanol–water partition coefficient (Wildman–Crippen LogP) is 4.47. The topological polar surface area (TPSA) is 55.6 Å². The van der Waals surface area contributed by atoms with Crippen LogP contribution in [0.1, 0.15) is 35.5 Å². The van der Waals surface area contributed by atoms with Crippen molar-refractivity contribution < 1.29 is 18.4 Å². The third-order valence-electron chi connectivity index (χ3n) is 4.69. The minimum Gasteiger partial charge on any atom is -0.491 e. The third kappa shape index (κ3) is 3.63. The highest BCUT2D eigenvalue weighted by Gasteiger charge is 2.28. The largest absolute Gasteiger partial charge is 0.491 e. The second-order valence-corrected chi connectivity index (χ2v) is 7.11. The van der Waals surface area contributed by atoms with Crippen LogP contribution in [0, 0.1) is 5.82 Å². The van der Waals surface area contributed by atoms with Crippen molar-refractivity contribution in [1.29, 1.82) is 0 Å². The van der Waals surface area contributed by atoms with Gasteiger partial charge in [-0.15, -0.1) is 0 Å². The fourth-order valence-corrected chi connectivity index (χ4v) is 3.38. The van der Waals surface area contributed by atoms with Crippen molar-refractivity contribution in [3.8, 4) is 17.0 Å². The second kappa shape index (κ2) is 7.46. The van der Waals surface area contributed by atoms with E-state index in [4.69, 9.17) is 9.26 Å². The average Bonchev–Trinajstić information content (AvgIpc) is 3.11. The van der Waals surface area contributed by atoms with Gasteiger partial charge in [-0.25, -0.2) is 4.39 Å². The molecule has 1 aliphatic heterocycles. The zero-order valence-electron chi connectivity index (χ0n) is 15.8. The highest BCUT2D eigenvalue weighted by atomic mass is 19.1. The van der Waals surface area contributed by atoms with E-state index in [1.165, 1.54) is 12.1 Å². The molecule has 144 valence electrons. The summed E-state index contributed by atoms with van der Waals surface area (Å²) in [7, 11) is 0. The zero-order chi connectivity index (χ0) is 19.7. The van der Waals surface area contributed by atoms with Crippen LogP contribution in [-0.4, -0.2) is 28.6 Å². The molecule has 0 fully saturated rings. The van der Waals surface area contributed by atoms with Crippen molar-refractivity contribution in [2.24, 2.45) is 0 Å². The molecule has 0 saturated carbocycles. The minimum absolute atomic E-state index is 0.0619. The predicted molar refractivity (Wildman–Crippen MR) is 103 cm³/mol. The molecule has 0 N–H and O–H groups in total. The van der Waals surface area contributed by atoms with E-state index in [-0.39, 0.29) is 17.8 Å². The van der Waals surface area contributed by atoms with Crippen LogP contribution < -0.4 is 4.74 Å². The van der Waals surface area contributed by atoms with Gasteiger partial charge in [-0.2, -0.15) is 0 Å². The molecule has 0 radical (unpaired) electrons. The van der Waals surface area contributed by atoms with Crippen LogP contribution in [0.5, 0.6) is 5.75 Å². The Bertz CT molecular complexity index is 995. The van der Waals surface area contributed by atoms with E-state index in [0.29, 0.717) is 36.3 Å². The van der Waals surface area contributed by atoms with E-state index in [0.717, 1.165) is 17.1 Å². The van der Waals surface area contributed by atoms with Crippen LogP contribution in [0.4, 0.5) is 4.39 Å². The highest BCUT2D eigenvalue weighted by molar-refractivity contribution is 5.94. The maximum absolute atomic E-state index is 13.6. The van der Waals surface area contributed by atoms with Crippen LogP contribution in [0.15, 0.2) is 53.1 Å². The molecule has 4 rings (SSSR count). The van der Waals surface area contributed by atoms with Gasteiger partial charge in [0.05, 0.1) is 12.6 Å². The quantitative estimate of drug-likeness (QED) is 0.670. The van der Waals surface area contributed by atoms with Crippen LogP contribution >= 0.6 is 0 Å². The third-order valence-corrected chi connectivity index (χ3v) is 4.69. The van der Waals surface area contributed by atoms with E-state index < -0.39 is 0 Å². The number of amides is 1. The Morgan fingerprint density at radius 2 is 2.00 bits per heavy atom. The average molecular weight is 380 g/mol. The standard InChI is InChI=1S/C22H21FN2O3/c1-14(2)27-18-8-6-15(7-9-18)22(26)25-11-10-20-19(13-25)21(24-28-20)16-4-3-5-17(23)12-16/h3-9,12,14H,10-11,13H2,1-2H3. The van der Waals surface area contributed by atoms with Gasteiger partial charge in [0, 0.05) is 29.7 Å². The second-order valence-electron chi connectivity index (χ2n) is 7.11. The van der Waals surface area contributed by atoms with Crippen molar-refractivity contribution in [1.82, 2.24) is 10.1 Å². The molecule has 0 aliphatic carbocycles. The van der Waals surface area contributed by atoms with E-state index in [9.17, 15) is 9.18 Å². The summed E-state index contributed by atoms with van der Waals surface area (Å²) in [5.41, 5.74) is 2.68. The van der Waals surface area contributed by atoms with E-state index in [1.807, 2.05) is 13.8 Å². The maximum Gasteiger partial charge on any atom is 0.254 e. The summed E-state index contributed by atoms with van der Waals surface area (Å²) in [4.78, 5) is 14.7. The number of benzene rings is 2. The Balaban J connectivity index is 1.55. The van der Waals surface area contributed by atoms with E-state index >= 15 is 0 Å². The van der Waals surface area contributed by atoms with Crippen molar-refractivity contribution >= 4 is 5.91 Å². The SMILES string of the molecule is CC(C)Oc1ccc(C(=O)N2CCc3onc(-c4cccc(F)c4)c3C2)cc1. The Morgan fingerprint density at radius 3 is 2.71 bits per heavy atom. The first-order valence-electron chi connectivity index (χ1n) is 9.30. The van der Waals surface area contributed by atoms with Crippen LogP contribution in [-0.2, 0) is 13.0 Å². The fourth-order valence-electron chi connectivity index (χ4n) is 3.38. The molecule has 2 aromatic carbocycles. The van der Waals surface area contributed by atoms with Crippen LogP contribution in [0.2, 0.25) is 0 Å². The lowest BCUT2D eigenvalue weighted by molar-refractivity contribution is 0.0729. The smallest absolute Gasteiger partial charge is 0.254 e. The number of ether oxygens (including phenoxy) is 1. The lowest BCUT2D eigenvalue weighted by Gasteiger charge is -2.26. The first-order chi connectivity index (χ1) is 13.5.